The Morgan fingerprint density at radius 2 is 1.92 bits per heavy atom. The predicted octanol–water partition coefficient (Wildman–Crippen LogP) is 4.35. The number of nitrogens with one attached hydrogen (secondary N) is 2. The summed E-state index contributed by atoms with van der Waals surface area (Å²) in [5, 5.41) is 8.46. The van der Waals surface area contributed by atoms with Gasteiger partial charge in [0.15, 0.2) is 5.13 Å². The summed E-state index contributed by atoms with van der Waals surface area (Å²) in [7, 11) is 0. The van der Waals surface area contributed by atoms with E-state index in [9.17, 15) is 9.59 Å². The zero-order chi connectivity index (χ0) is 18.5. The van der Waals surface area contributed by atoms with Crippen molar-refractivity contribution in [2.24, 2.45) is 0 Å². The number of carbonyl (C=O) groups excluding carboxylic acids is 2. The van der Waals surface area contributed by atoms with Crippen molar-refractivity contribution in [2.45, 2.75) is 13.5 Å². The van der Waals surface area contributed by atoms with Crippen LogP contribution in [0.4, 0.5) is 5.13 Å². The van der Waals surface area contributed by atoms with Gasteiger partial charge in [0.05, 0.1) is 5.69 Å². The topological polar surface area (TPSA) is 71.1 Å². The van der Waals surface area contributed by atoms with Crippen molar-refractivity contribution in [1.29, 1.82) is 0 Å². The molecule has 1 heterocycles. The van der Waals surface area contributed by atoms with Gasteiger partial charge in [-0.2, -0.15) is 0 Å². The van der Waals surface area contributed by atoms with Crippen molar-refractivity contribution >= 4 is 39.9 Å². The molecule has 5 nitrogen and oxygen atoms in total. The Labute approximate surface area is 160 Å². The molecule has 0 bridgehead atoms. The largest absolute Gasteiger partial charge is 0.352 e. The molecular weight excluding hydrogens is 370 g/mol. The Morgan fingerprint density at radius 1 is 1.15 bits per heavy atom. The van der Waals surface area contributed by atoms with Gasteiger partial charge in [0.25, 0.3) is 5.91 Å². The molecule has 3 aromatic rings. The highest BCUT2D eigenvalue weighted by Gasteiger charge is 2.10. The van der Waals surface area contributed by atoms with Gasteiger partial charge in [-0.05, 0) is 23.8 Å². The minimum Gasteiger partial charge on any atom is -0.352 e. The zero-order valence-electron chi connectivity index (χ0n) is 14.0. The van der Waals surface area contributed by atoms with Crippen LogP contribution in [0.25, 0.3) is 11.3 Å². The average molecular weight is 386 g/mol. The number of hydrogen-bond acceptors (Lipinski definition) is 4. The number of rotatable bonds is 5. The van der Waals surface area contributed by atoms with E-state index >= 15 is 0 Å². The summed E-state index contributed by atoms with van der Waals surface area (Å²) in [5.41, 5.74) is 3.21. The Hall–Kier alpha value is -2.70. The lowest BCUT2D eigenvalue weighted by Crippen LogP contribution is -2.18. The smallest absolute Gasteiger partial charge is 0.257 e. The second-order valence-corrected chi connectivity index (χ2v) is 6.90. The maximum absolute atomic E-state index is 12.2. The first kappa shape index (κ1) is 18.1. The highest BCUT2D eigenvalue weighted by Crippen LogP contribution is 2.25. The second kappa shape index (κ2) is 8.12. The number of amides is 2. The van der Waals surface area contributed by atoms with Crippen molar-refractivity contribution in [3.8, 4) is 11.3 Å². The Morgan fingerprint density at radius 3 is 2.62 bits per heavy atom. The summed E-state index contributed by atoms with van der Waals surface area (Å²) < 4.78 is 0. The van der Waals surface area contributed by atoms with Crippen molar-refractivity contribution in [1.82, 2.24) is 10.3 Å². The summed E-state index contributed by atoms with van der Waals surface area (Å²) in [4.78, 5) is 27.7. The fourth-order valence-electron chi connectivity index (χ4n) is 2.28. The molecule has 0 saturated heterocycles. The minimum absolute atomic E-state index is 0.0614. The minimum atomic E-state index is -0.251. The van der Waals surface area contributed by atoms with E-state index in [1.54, 1.807) is 24.3 Å². The van der Waals surface area contributed by atoms with Crippen LogP contribution in [0.2, 0.25) is 5.02 Å². The van der Waals surface area contributed by atoms with Crippen molar-refractivity contribution in [2.75, 3.05) is 5.32 Å². The van der Waals surface area contributed by atoms with Crippen molar-refractivity contribution in [3.05, 3.63) is 70.1 Å². The fourth-order valence-corrected chi connectivity index (χ4v) is 3.19. The van der Waals surface area contributed by atoms with Crippen LogP contribution in [0, 0.1) is 0 Å². The highest BCUT2D eigenvalue weighted by atomic mass is 35.5. The van der Waals surface area contributed by atoms with Crippen LogP contribution in [0.3, 0.4) is 0 Å². The summed E-state index contributed by atoms with van der Waals surface area (Å²) >= 11 is 7.27. The number of nitrogens with zero attached hydrogens (tertiary/aromatic N) is 1. The van der Waals surface area contributed by atoms with E-state index in [1.165, 1.54) is 18.3 Å². The SMILES string of the molecule is CC(=O)NCc1ccc(-c2csc(NC(=O)c3cccc(Cl)c3)n2)cc1. The van der Waals surface area contributed by atoms with Gasteiger partial charge in [0, 0.05) is 35.0 Å². The van der Waals surface area contributed by atoms with E-state index in [1.807, 2.05) is 29.6 Å². The van der Waals surface area contributed by atoms with Crippen LogP contribution in [0.15, 0.2) is 53.9 Å². The maximum atomic E-state index is 12.2. The third-order valence-electron chi connectivity index (χ3n) is 3.60. The van der Waals surface area contributed by atoms with Gasteiger partial charge in [-0.1, -0.05) is 41.9 Å². The molecule has 0 unspecified atom stereocenters. The third kappa shape index (κ3) is 4.68. The average Bonchev–Trinajstić information content (AvgIpc) is 3.09. The monoisotopic (exact) mass is 385 g/mol. The van der Waals surface area contributed by atoms with Crippen LogP contribution < -0.4 is 10.6 Å². The van der Waals surface area contributed by atoms with Crippen LogP contribution in [-0.4, -0.2) is 16.8 Å². The first-order valence-corrected chi connectivity index (χ1v) is 9.13. The van der Waals surface area contributed by atoms with Gasteiger partial charge in [-0.3, -0.25) is 14.9 Å². The number of halogens is 1. The molecule has 132 valence electrons. The molecule has 2 aromatic carbocycles. The molecule has 0 atom stereocenters. The molecule has 1 aromatic heterocycles. The number of anilines is 1. The molecule has 2 amide bonds. The molecule has 0 radical (unpaired) electrons. The van der Waals surface area contributed by atoms with Crippen LogP contribution in [-0.2, 0) is 11.3 Å². The Balaban J connectivity index is 1.67. The Kier molecular flexibility index (Phi) is 5.65. The number of carbonyl (C=O) groups is 2. The number of benzene rings is 2. The van der Waals surface area contributed by atoms with Crippen molar-refractivity contribution in [3.63, 3.8) is 0 Å². The molecule has 0 aliphatic heterocycles. The maximum Gasteiger partial charge on any atom is 0.257 e. The van der Waals surface area contributed by atoms with Gasteiger partial charge in [0.2, 0.25) is 5.91 Å². The summed E-state index contributed by atoms with van der Waals surface area (Å²) in [6, 6.07) is 14.5. The normalized spacial score (nSPS) is 10.4. The van der Waals surface area contributed by atoms with E-state index in [-0.39, 0.29) is 11.8 Å². The van der Waals surface area contributed by atoms with E-state index in [0.717, 1.165) is 16.8 Å². The molecule has 26 heavy (non-hydrogen) atoms. The van der Waals surface area contributed by atoms with E-state index < -0.39 is 0 Å². The number of hydrogen-bond donors (Lipinski definition) is 2. The third-order valence-corrected chi connectivity index (χ3v) is 4.60. The van der Waals surface area contributed by atoms with Gasteiger partial charge in [-0.25, -0.2) is 4.98 Å². The summed E-state index contributed by atoms with van der Waals surface area (Å²) in [6.07, 6.45) is 0. The quantitative estimate of drug-likeness (QED) is 0.685. The lowest BCUT2D eigenvalue weighted by atomic mass is 10.1. The summed E-state index contributed by atoms with van der Waals surface area (Å²) in [5.74, 6) is -0.312. The zero-order valence-corrected chi connectivity index (χ0v) is 15.5. The van der Waals surface area contributed by atoms with E-state index in [2.05, 4.69) is 15.6 Å². The van der Waals surface area contributed by atoms with Crippen LogP contribution >= 0.6 is 22.9 Å². The molecule has 0 aliphatic rings. The predicted molar refractivity (Wildman–Crippen MR) is 104 cm³/mol. The molecular formula is C19H16ClN3O2S. The van der Waals surface area contributed by atoms with Crippen LogP contribution in [0.1, 0.15) is 22.8 Å². The highest BCUT2D eigenvalue weighted by molar-refractivity contribution is 7.14. The molecule has 0 aliphatic carbocycles. The first-order chi connectivity index (χ1) is 12.5. The lowest BCUT2D eigenvalue weighted by molar-refractivity contribution is -0.119. The van der Waals surface area contributed by atoms with Crippen molar-refractivity contribution < 1.29 is 9.59 Å². The molecule has 0 saturated carbocycles. The number of thiazole rings is 1. The first-order valence-electron chi connectivity index (χ1n) is 7.87. The molecule has 0 fully saturated rings. The Bertz CT molecular complexity index is 938. The van der Waals surface area contributed by atoms with Crippen LogP contribution in [0.5, 0.6) is 0 Å². The standard InChI is InChI=1S/C19H16ClN3O2S/c1-12(24)21-10-13-5-7-14(8-6-13)17-11-26-19(22-17)23-18(25)15-3-2-4-16(20)9-15/h2-9,11H,10H2,1H3,(H,21,24)(H,22,23,25). The molecule has 2 N–H and O–H groups in total. The van der Waals surface area contributed by atoms with Gasteiger partial charge in [0.1, 0.15) is 0 Å². The van der Waals surface area contributed by atoms with E-state index in [4.69, 9.17) is 11.6 Å². The molecule has 7 heteroatoms. The van der Waals surface area contributed by atoms with Gasteiger partial charge >= 0.3 is 0 Å². The number of aromatic nitrogens is 1. The lowest BCUT2D eigenvalue weighted by Gasteiger charge is -2.04. The summed E-state index contributed by atoms with van der Waals surface area (Å²) in [6.45, 7) is 1.98. The molecule has 0 spiro atoms. The van der Waals surface area contributed by atoms with Gasteiger partial charge < -0.3 is 5.32 Å². The molecule has 3 rings (SSSR count). The van der Waals surface area contributed by atoms with E-state index in [0.29, 0.717) is 22.3 Å². The second-order valence-electron chi connectivity index (χ2n) is 5.61. The van der Waals surface area contributed by atoms with Gasteiger partial charge in [-0.15, -0.1) is 11.3 Å². The fraction of sp³-hybridized carbons (Fsp3) is 0.105.